The van der Waals surface area contributed by atoms with Gasteiger partial charge in [-0.15, -0.1) is 0 Å². The summed E-state index contributed by atoms with van der Waals surface area (Å²) in [6.07, 6.45) is 0. The standard InChI is InChI=1S/C10H14FNO/c1-7-4-3-5-9(11)10(7)8(2)6-13-12/h3-5,8H,6,12H2,1-2H3. The summed E-state index contributed by atoms with van der Waals surface area (Å²) in [5.41, 5.74) is 1.62. The third-order valence-electron chi connectivity index (χ3n) is 2.11. The van der Waals surface area contributed by atoms with Crippen LogP contribution in [0.5, 0.6) is 0 Å². The van der Waals surface area contributed by atoms with Crippen molar-refractivity contribution in [1.82, 2.24) is 0 Å². The Balaban J connectivity index is 2.98. The molecule has 1 unspecified atom stereocenters. The molecule has 0 fully saturated rings. The van der Waals surface area contributed by atoms with Crippen molar-refractivity contribution < 1.29 is 9.23 Å². The molecule has 0 saturated heterocycles. The van der Waals surface area contributed by atoms with E-state index in [2.05, 4.69) is 4.84 Å². The molecule has 0 bridgehead atoms. The van der Waals surface area contributed by atoms with Gasteiger partial charge in [0.25, 0.3) is 0 Å². The molecule has 2 N–H and O–H groups in total. The molecule has 72 valence electrons. The molecule has 0 aliphatic heterocycles. The molecule has 0 radical (unpaired) electrons. The quantitative estimate of drug-likeness (QED) is 0.728. The van der Waals surface area contributed by atoms with Gasteiger partial charge in [0.05, 0.1) is 6.61 Å². The zero-order valence-corrected chi connectivity index (χ0v) is 7.88. The minimum atomic E-state index is -0.190. The Morgan fingerprint density at radius 2 is 2.23 bits per heavy atom. The zero-order chi connectivity index (χ0) is 9.84. The van der Waals surface area contributed by atoms with E-state index in [1.165, 1.54) is 6.07 Å². The van der Waals surface area contributed by atoms with Crippen LogP contribution in [-0.2, 0) is 4.84 Å². The summed E-state index contributed by atoms with van der Waals surface area (Å²) in [6, 6.07) is 5.03. The molecular formula is C10H14FNO. The topological polar surface area (TPSA) is 35.2 Å². The predicted molar refractivity (Wildman–Crippen MR) is 49.7 cm³/mol. The first-order valence-corrected chi connectivity index (χ1v) is 4.23. The fourth-order valence-corrected chi connectivity index (χ4v) is 1.50. The summed E-state index contributed by atoms with van der Waals surface area (Å²) in [5, 5.41) is 0. The van der Waals surface area contributed by atoms with Crippen LogP contribution in [-0.4, -0.2) is 6.61 Å². The maximum Gasteiger partial charge on any atom is 0.127 e. The van der Waals surface area contributed by atoms with Gasteiger partial charge in [0.2, 0.25) is 0 Å². The summed E-state index contributed by atoms with van der Waals surface area (Å²) in [7, 11) is 0. The summed E-state index contributed by atoms with van der Waals surface area (Å²) in [5.74, 6) is 4.75. The maximum atomic E-state index is 13.3. The van der Waals surface area contributed by atoms with Crippen LogP contribution in [0.1, 0.15) is 24.0 Å². The Morgan fingerprint density at radius 1 is 1.54 bits per heavy atom. The van der Waals surface area contributed by atoms with Gasteiger partial charge in [0.15, 0.2) is 0 Å². The highest BCUT2D eigenvalue weighted by Crippen LogP contribution is 2.22. The summed E-state index contributed by atoms with van der Waals surface area (Å²) in [4.78, 5) is 4.50. The van der Waals surface area contributed by atoms with Gasteiger partial charge in [-0.2, -0.15) is 0 Å². The van der Waals surface area contributed by atoms with Crippen molar-refractivity contribution in [1.29, 1.82) is 0 Å². The molecular weight excluding hydrogens is 169 g/mol. The molecule has 0 saturated carbocycles. The highest BCUT2D eigenvalue weighted by molar-refractivity contribution is 5.30. The molecule has 13 heavy (non-hydrogen) atoms. The second kappa shape index (κ2) is 4.35. The van der Waals surface area contributed by atoms with E-state index >= 15 is 0 Å². The van der Waals surface area contributed by atoms with Crippen LogP contribution >= 0.6 is 0 Å². The Kier molecular flexibility index (Phi) is 3.39. The molecule has 1 aromatic carbocycles. The average molecular weight is 183 g/mol. The van der Waals surface area contributed by atoms with Crippen LogP contribution < -0.4 is 5.90 Å². The Bertz CT molecular complexity index is 268. The molecule has 0 heterocycles. The van der Waals surface area contributed by atoms with Crippen LogP contribution in [0.15, 0.2) is 18.2 Å². The van der Waals surface area contributed by atoms with E-state index in [9.17, 15) is 4.39 Å². The Hall–Kier alpha value is -0.930. The van der Waals surface area contributed by atoms with Crippen molar-refractivity contribution in [3.05, 3.63) is 35.1 Å². The van der Waals surface area contributed by atoms with Gasteiger partial charge in [-0.05, 0) is 24.1 Å². The first-order valence-electron chi connectivity index (χ1n) is 4.23. The molecule has 0 spiro atoms. The molecule has 2 nitrogen and oxygen atoms in total. The fourth-order valence-electron chi connectivity index (χ4n) is 1.50. The largest absolute Gasteiger partial charge is 0.304 e. The lowest BCUT2D eigenvalue weighted by atomic mass is 9.97. The molecule has 1 rings (SSSR count). The molecule has 0 amide bonds. The SMILES string of the molecule is Cc1cccc(F)c1C(C)CON. The maximum absolute atomic E-state index is 13.3. The molecule has 3 heteroatoms. The van der Waals surface area contributed by atoms with Gasteiger partial charge in [0, 0.05) is 5.92 Å². The zero-order valence-electron chi connectivity index (χ0n) is 7.88. The van der Waals surface area contributed by atoms with Crippen molar-refractivity contribution >= 4 is 0 Å². The van der Waals surface area contributed by atoms with Crippen LogP contribution in [0.25, 0.3) is 0 Å². The van der Waals surface area contributed by atoms with Crippen molar-refractivity contribution in [2.45, 2.75) is 19.8 Å². The summed E-state index contributed by atoms with van der Waals surface area (Å²) in [6.45, 7) is 4.10. The van der Waals surface area contributed by atoms with Gasteiger partial charge in [0.1, 0.15) is 5.82 Å². The lowest BCUT2D eigenvalue weighted by Gasteiger charge is -2.13. The van der Waals surface area contributed by atoms with Crippen molar-refractivity contribution in [2.24, 2.45) is 5.90 Å². The lowest BCUT2D eigenvalue weighted by Crippen LogP contribution is -2.11. The number of nitrogens with two attached hydrogens (primary N) is 1. The predicted octanol–water partition coefficient (Wildman–Crippen LogP) is 2.13. The van der Waals surface area contributed by atoms with Crippen LogP contribution in [0, 0.1) is 12.7 Å². The van der Waals surface area contributed by atoms with Gasteiger partial charge in [-0.1, -0.05) is 19.1 Å². The van der Waals surface area contributed by atoms with E-state index in [-0.39, 0.29) is 11.7 Å². The Labute approximate surface area is 77.5 Å². The van der Waals surface area contributed by atoms with E-state index < -0.39 is 0 Å². The normalized spacial score (nSPS) is 12.9. The summed E-state index contributed by atoms with van der Waals surface area (Å²) >= 11 is 0. The third kappa shape index (κ3) is 2.26. The number of hydrogen-bond acceptors (Lipinski definition) is 2. The second-order valence-corrected chi connectivity index (χ2v) is 3.20. The van der Waals surface area contributed by atoms with Crippen molar-refractivity contribution in [3.63, 3.8) is 0 Å². The van der Waals surface area contributed by atoms with E-state index in [4.69, 9.17) is 5.90 Å². The number of aryl methyl sites for hydroxylation is 1. The van der Waals surface area contributed by atoms with Crippen LogP contribution in [0.3, 0.4) is 0 Å². The number of benzene rings is 1. The first-order chi connectivity index (χ1) is 6.16. The molecule has 1 aromatic rings. The van der Waals surface area contributed by atoms with Crippen molar-refractivity contribution in [2.75, 3.05) is 6.61 Å². The Morgan fingerprint density at radius 3 is 2.77 bits per heavy atom. The molecule has 1 atom stereocenters. The van der Waals surface area contributed by atoms with E-state index in [0.717, 1.165) is 5.56 Å². The fraction of sp³-hybridized carbons (Fsp3) is 0.400. The highest BCUT2D eigenvalue weighted by Gasteiger charge is 2.12. The molecule has 0 aliphatic rings. The monoisotopic (exact) mass is 183 g/mol. The van der Waals surface area contributed by atoms with Crippen LogP contribution in [0.4, 0.5) is 4.39 Å². The average Bonchev–Trinajstić information content (AvgIpc) is 2.04. The molecule has 0 aromatic heterocycles. The number of hydrogen-bond donors (Lipinski definition) is 1. The van der Waals surface area contributed by atoms with Crippen molar-refractivity contribution in [3.8, 4) is 0 Å². The minimum absolute atomic E-state index is 0.00815. The minimum Gasteiger partial charge on any atom is -0.304 e. The molecule has 0 aliphatic carbocycles. The van der Waals surface area contributed by atoms with Gasteiger partial charge in [-0.3, -0.25) is 0 Å². The van der Waals surface area contributed by atoms with E-state index in [1.54, 1.807) is 6.07 Å². The van der Waals surface area contributed by atoms with Crippen LogP contribution in [0.2, 0.25) is 0 Å². The highest BCUT2D eigenvalue weighted by atomic mass is 19.1. The number of rotatable bonds is 3. The van der Waals surface area contributed by atoms with E-state index in [0.29, 0.717) is 12.2 Å². The van der Waals surface area contributed by atoms with Gasteiger partial charge >= 0.3 is 0 Å². The van der Waals surface area contributed by atoms with E-state index in [1.807, 2.05) is 19.9 Å². The third-order valence-corrected chi connectivity index (χ3v) is 2.11. The first kappa shape index (κ1) is 10.2. The lowest BCUT2D eigenvalue weighted by molar-refractivity contribution is 0.125. The second-order valence-electron chi connectivity index (χ2n) is 3.20. The van der Waals surface area contributed by atoms with Gasteiger partial charge < -0.3 is 4.84 Å². The summed E-state index contributed by atoms with van der Waals surface area (Å²) < 4.78 is 13.3. The smallest absolute Gasteiger partial charge is 0.127 e. The van der Waals surface area contributed by atoms with Gasteiger partial charge in [-0.25, -0.2) is 10.3 Å². The number of halogens is 1.